The lowest BCUT2D eigenvalue weighted by Crippen LogP contribution is -2.06. The molecule has 2 aromatic carbocycles. The molecular formula is C24H34O2. The van der Waals surface area contributed by atoms with Crippen LogP contribution in [0.15, 0.2) is 24.3 Å². The second-order valence-corrected chi connectivity index (χ2v) is 7.14. The molecule has 0 atom stereocenters. The zero-order valence-electron chi connectivity index (χ0n) is 17.0. The lowest BCUT2D eigenvalue weighted by molar-refractivity contribution is 0.443. The maximum Gasteiger partial charge on any atom is 0.122 e. The van der Waals surface area contributed by atoms with E-state index in [9.17, 15) is 10.2 Å². The molecular weight excluding hydrogens is 320 g/mol. The van der Waals surface area contributed by atoms with E-state index in [1.54, 1.807) is 0 Å². The van der Waals surface area contributed by atoms with Gasteiger partial charge in [-0.15, -0.1) is 0 Å². The van der Waals surface area contributed by atoms with Crippen molar-refractivity contribution in [2.75, 3.05) is 0 Å². The van der Waals surface area contributed by atoms with Gasteiger partial charge in [-0.3, -0.25) is 0 Å². The molecule has 142 valence electrons. The van der Waals surface area contributed by atoms with Crippen LogP contribution in [0.3, 0.4) is 0 Å². The molecule has 0 radical (unpaired) electrons. The molecule has 2 heteroatoms. The topological polar surface area (TPSA) is 40.5 Å². The summed E-state index contributed by atoms with van der Waals surface area (Å²) < 4.78 is 0. The summed E-state index contributed by atoms with van der Waals surface area (Å²) in [5.74, 6) is 0.832. The molecule has 0 fully saturated rings. The van der Waals surface area contributed by atoms with Gasteiger partial charge in [0, 0.05) is 17.0 Å². The van der Waals surface area contributed by atoms with Crippen LogP contribution < -0.4 is 0 Å². The molecule has 0 bridgehead atoms. The van der Waals surface area contributed by atoms with Crippen molar-refractivity contribution < 1.29 is 10.2 Å². The minimum Gasteiger partial charge on any atom is -0.507 e. The van der Waals surface area contributed by atoms with Gasteiger partial charge in [0.05, 0.1) is 0 Å². The Morgan fingerprint density at radius 3 is 1.38 bits per heavy atom. The third kappa shape index (κ3) is 4.06. The Morgan fingerprint density at radius 1 is 0.654 bits per heavy atom. The quantitative estimate of drug-likeness (QED) is 0.585. The first-order valence-electron chi connectivity index (χ1n) is 10.2. The Hall–Kier alpha value is -1.96. The fourth-order valence-electron chi connectivity index (χ4n) is 3.82. The minimum atomic E-state index is 0.0219. The summed E-state index contributed by atoms with van der Waals surface area (Å²) in [5, 5.41) is 21.9. The van der Waals surface area contributed by atoms with Crippen molar-refractivity contribution in [1.29, 1.82) is 0 Å². The van der Waals surface area contributed by atoms with E-state index in [2.05, 4.69) is 58.9 Å². The lowest BCUT2D eigenvalue weighted by atomic mass is 9.82. The number of hydrogen-bond donors (Lipinski definition) is 2. The van der Waals surface area contributed by atoms with E-state index in [0.29, 0.717) is 11.5 Å². The summed E-state index contributed by atoms with van der Waals surface area (Å²) in [4.78, 5) is 0. The number of phenols is 2. The maximum absolute atomic E-state index is 10.9. The molecule has 0 saturated heterocycles. The van der Waals surface area contributed by atoms with Crippen molar-refractivity contribution in [3.8, 4) is 11.5 Å². The highest BCUT2D eigenvalue weighted by Crippen LogP contribution is 2.42. The maximum atomic E-state index is 10.9. The van der Waals surface area contributed by atoms with Crippen LogP contribution in [-0.2, 0) is 25.7 Å². The smallest absolute Gasteiger partial charge is 0.122 e. The normalized spacial score (nSPS) is 11.3. The Kier molecular flexibility index (Phi) is 7.14. The standard InChI is InChI=1S/C24H34O2/c1-6-11-20(21-14-16(7-2)12-18(9-4)23(21)25)22-15-17(8-3)13-19(10-5)24(22)26/h12-15,20,25-26H,6-11H2,1-5H3. The van der Waals surface area contributed by atoms with Crippen molar-refractivity contribution in [2.45, 2.75) is 79.1 Å². The summed E-state index contributed by atoms with van der Waals surface area (Å²) in [6.07, 6.45) is 5.42. The van der Waals surface area contributed by atoms with Gasteiger partial charge in [0.1, 0.15) is 11.5 Å². The van der Waals surface area contributed by atoms with Crippen LogP contribution in [-0.4, -0.2) is 10.2 Å². The van der Waals surface area contributed by atoms with Crippen LogP contribution in [0.25, 0.3) is 0 Å². The van der Waals surface area contributed by atoms with E-state index >= 15 is 0 Å². The monoisotopic (exact) mass is 354 g/mol. The van der Waals surface area contributed by atoms with Crippen molar-refractivity contribution in [3.63, 3.8) is 0 Å². The van der Waals surface area contributed by atoms with Gasteiger partial charge < -0.3 is 10.2 Å². The third-order valence-corrected chi connectivity index (χ3v) is 5.46. The molecule has 2 rings (SSSR count). The molecule has 0 heterocycles. The van der Waals surface area contributed by atoms with E-state index in [-0.39, 0.29) is 5.92 Å². The molecule has 2 N–H and O–H groups in total. The molecule has 0 aliphatic rings. The van der Waals surface area contributed by atoms with Gasteiger partial charge >= 0.3 is 0 Å². The van der Waals surface area contributed by atoms with Crippen molar-refractivity contribution >= 4 is 0 Å². The average Bonchev–Trinajstić information content (AvgIpc) is 2.67. The van der Waals surface area contributed by atoms with Gasteiger partial charge in [-0.1, -0.05) is 65.3 Å². The molecule has 0 amide bonds. The van der Waals surface area contributed by atoms with Crippen LogP contribution in [0.4, 0.5) is 0 Å². The highest BCUT2D eigenvalue weighted by molar-refractivity contribution is 5.54. The number of hydrogen-bond acceptors (Lipinski definition) is 2. The zero-order valence-corrected chi connectivity index (χ0v) is 17.0. The summed E-state index contributed by atoms with van der Waals surface area (Å²) >= 11 is 0. The van der Waals surface area contributed by atoms with Crippen molar-refractivity contribution in [2.24, 2.45) is 0 Å². The highest BCUT2D eigenvalue weighted by Gasteiger charge is 2.24. The Bertz CT molecular complexity index is 685. The predicted octanol–water partition coefficient (Wildman–Crippen LogP) is 6.28. The van der Waals surface area contributed by atoms with Crippen molar-refractivity contribution in [1.82, 2.24) is 0 Å². The molecule has 26 heavy (non-hydrogen) atoms. The number of rotatable bonds is 8. The van der Waals surface area contributed by atoms with E-state index < -0.39 is 0 Å². The summed E-state index contributed by atoms with van der Waals surface area (Å²) in [7, 11) is 0. The van der Waals surface area contributed by atoms with Gasteiger partial charge in [0.15, 0.2) is 0 Å². The van der Waals surface area contributed by atoms with E-state index in [1.165, 1.54) is 11.1 Å². The van der Waals surface area contributed by atoms with Gasteiger partial charge in [-0.05, 0) is 54.4 Å². The van der Waals surface area contributed by atoms with E-state index in [0.717, 1.165) is 60.8 Å². The molecule has 0 spiro atoms. The first-order chi connectivity index (χ1) is 12.5. The van der Waals surface area contributed by atoms with Gasteiger partial charge in [0.25, 0.3) is 0 Å². The average molecular weight is 355 g/mol. The lowest BCUT2D eigenvalue weighted by Gasteiger charge is -2.24. The van der Waals surface area contributed by atoms with Crippen LogP contribution in [0.2, 0.25) is 0 Å². The van der Waals surface area contributed by atoms with Crippen LogP contribution >= 0.6 is 0 Å². The third-order valence-electron chi connectivity index (χ3n) is 5.46. The summed E-state index contributed by atoms with van der Waals surface area (Å²) in [6.45, 7) is 10.6. The van der Waals surface area contributed by atoms with Crippen LogP contribution in [0.1, 0.15) is 86.8 Å². The first-order valence-corrected chi connectivity index (χ1v) is 10.2. The molecule has 0 saturated carbocycles. The highest BCUT2D eigenvalue weighted by atomic mass is 16.3. The molecule has 2 nitrogen and oxygen atoms in total. The second-order valence-electron chi connectivity index (χ2n) is 7.14. The molecule has 0 aliphatic heterocycles. The number of phenolic OH excluding ortho intramolecular Hbond substituents is 2. The summed E-state index contributed by atoms with van der Waals surface area (Å²) in [5.41, 5.74) is 6.43. The largest absolute Gasteiger partial charge is 0.507 e. The van der Waals surface area contributed by atoms with E-state index in [1.807, 2.05) is 0 Å². The van der Waals surface area contributed by atoms with Crippen LogP contribution in [0.5, 0.6) is 11.5 Å². The molecule has 0 aromatic heterocycles. The van der Waals surface area contributed by atoms with E-state index in [4.69, 9.17) is 0 Å². The predicted molar refractivity (Wildman–Crippen MR) is 110 cm³/mol. The Morgan fingerprint density at radius 2 is 1.08 bits per heavy atom. The molecule has 0 aliphatic carbocycles. The molecule has 0 unspecified atom stereocenters. The fraction of sp³-hybridized carbons (Fsp3) is 0.500. The number of aryl methyl sites for hydroxylation is 4. The van der Waals surface area contributed by atoms with Crippen molar-refractivity contribution in [3.05, 3.63) is 57.6 Å². The minimum absolute atomic E-state index is 0.0219. The zero-order chi connectivity index (χ0) is 19.3. The number of benzene rings is 2. The molecule has 2 aromatic rings. The van der Waals surface area contributed by atoms with Gasteiger partial charge in [0.2, 0.25) is 0 Å². The van der Waals surface area contributed by atoms with Gasteiger partial charge in [-0.25, -0.2) is 0 Å². The first kappa shape index (κ1) is 20.4. The Balaban J connectivity index is 2.71. The fourth-order valence-corrected chi connectivity index (χ4v) is 3.82. The SMILES string of the molecule is CCCC(c1cc(CC)cc(CC)c1O)c1cc(CC)cc(CC)c1O. The number of aromatic hydroxyl groups is 2. The summed E-state index contributed by atoms with van der Waals surface area (Å²) in [6, 6.07) is 8.50. The Labute approximate surface area is 158 Å². The van der Waals surface area contributed by atoms with Crippen LogP contribution in [0, 0.1) is 0 Å². The van der Waals surface area contributed by atoms with Gasteiger partial charge in [-0.2, -0.15) is 0 Å². The second kappa shape index (κ2) is 9.12.